The quantitative estimate of drug-likeness (QED) is 0.0671. The van der Waals surface area contributed by atoms with Crippen molar-refractivity contribution in [2.45, 2.75) is 38.4 Å². The number of nitrogens with zero attached hydrogens (tertiary/aromatic N) is 6. The molecule has 1 aliphatic carbocycles. The maximum absolute atomic E-state index is 5.01. The van der Waals surface area contributed by atoms with Gasteiger partial charge in [-0.25, -0.2) is 9.98 Å². The first-order valence-electron chi connectivity index (χ1n) is 21.1. The Morgan fingerprint density at radius 2 is 1.44 bits per heavy atom. The minimum atomic E-state index is -0.574. The number of aromatic nitrogens is 2. The third kappa shape index (κ3) is 7.20. The SMILES string of the molecule is C=NCc1cccc(-n2c3ccccc3c3c4c(ccc32)C(C)(c2ccccc2)C(=C)c2c(n(CN=C/C=C/CC/C=C\N=C(N=C)c3ccccc3)c3ccccc23)C=C4)c1. The van der Waals surface area contributed by atoms with Gasteiger partial charge < -0.3 is 9.13 Å². The Morgan fingerprint density at radius 1 is 0.710 bits per heavy atom. The number of aliphatic imine (C=N–C) groups is 4. The highest BCUT2D eigenvalue weighted by molar-refractivity contribution is 6.15. The summed E-state index contributed by atoms with van der Waals surface area (Å²) < 4.78 is 4.71. The normalized spacial score (nSPS) is 15.5. The molecule has 0 saturated carbocycles. The highest BCUT2D eigenvalue weighted by Gasteiger charge is 2.39. The molecule has 0 bridgehead atoms. The summed E-state index contributed by atoms with van der Waals surface area (Å²) in [5.41, 5.74) is 12.9. The first-order chi connectivity index (χ1) is 30.5. The van der Waals surface area contributed by atoms with E-state index in [1.54, 1.807) is 6.20 Å². The van der Waals surface area contributed by atoms with Crippen LogP contribution in [-0.4, -0.2) is 34.6 Å². The number of fused-ring (bicyclic) bond motifs is 8. The molecule has 1 atom stereocenters. The van der Waals surface area contributed by atoms with Crippen LogP contribution in [0.1, 0.15) is 58.8 Å². The molecule has 6 aromatic carbocycles. The molecule has 0 radical (unpaired) electrons. The highest BCUT2D eigenvalue weighted by atomic mass is 15.1. The molecule has 1 unspecified atom stereocenters. The van der Waals surface area contributed by atoms with Crippen LogP contribution in [0.15, 0.2) is 197 Å². The van der Waals surface area contributed by atoms with Gasteiger partial charge in [-0.2, -0.15) is 0 Å². The summed E-state index contributed by atoms with van der Waals surface area (Å²) in [6, 6.07) is 51.4. The van der Waals surface area contributed by atoms with Gasteiger partial charge >= 0.3 is 0 Å². The zero-order valence-corrected chi connectivity index (χ0v) is 35.0. The van der Waals surface area contributed by atoms with E-state index >= 15 is 0 Å². The van der Waals surface area contributed by atoms with E-state index in [1.165, 1.54) is 27.5 Å². The van der Waals surface area contributed by atoms with Crippen LogP contribution in [0, 0.1) is 0 Å². The van der Waals surface area contributed by atoms with Crippen LogP contribution in [0.2, 0.25) is 0 Å². The summed E-state index contributed by atoms with van der Waals surface area (Å²) in [7, 11) is 0. The monoisotopic (exact) mass is 804 g/mol. The Kier molecular flexibility index (Phi) is 11.2. The van der Waals surface area contributed by atoms with E-state index in [1.807, 2.05) is 48.7 Å². The van der Waals surface area contributed by atoms with Gasteiger partial charge in [0.15, 0.2) is 5.84 Å². The van der Waals surface area contributed by atoms with Crippen LogP contribution in [0.5, 0.6) is 0 Å². The predicted molar refractivity (Wildman–Crippen MR) is 265 cm³/mol. The highest BCUT2D eigenvalue weighted by Crippen LogP contribution is 2.51. The van der Waals surface area contributed by atoms with Crippen molar-refractivity contribution in [2.75, 3.05) is 0 Å². The maximum atomic E-state index is 5.01. The van der Waals surface area contributed by atoms with Gasteiger partial charge in [-0.3, -0.25) is 9.98 Å². The lowest BCUT2D eigenvalue weighted by molar-refractivity contribution is 0.737. The summed E-state index contributed by atoms with van der Waals surface area (Å²) in [4.78, 5) is 17.7. The third-order valence-corrected chi connectivity index (χ3v) is 12.1. The van der Waals surface area contributed by atoms with E-state index in [-0.39, 0.29) is 0 Å². The number of hydrogen-bond donors (Lipinski definition) is 0. The van der Waals surface area contributed by atoms with Crippen molar-refractivity contribution in [1.82, 2.24) is 9.13 Å². The number of benzene rings is 6. The molecular weight excluding hydrogens is 757 g/mol. The van der Waals surface area contributed by atoms with Crippen LogP contribution < -0.4 is 0 Å². The zero-order chi connectivity index (χ0) is 42.5. The van der Waals surface area contributed by atoms with E-state index < -0.39 is 5.41 Å². The number of rotatable bonds is 12. The second kappa shape index (κ2) is 17.5. The third-order valence-electron chi connectivity index (χ3n) is 12.1. The minimum absolute atomic E-state index is 0.456. The summed E-state index contributed by atoms with van der Waals surface area (Å²) in [6.07, 6.45) is 16.3. The minimum Gasteiger partial charge on any atom is -0.320 e. The van der Waals surface area contributed by atoms with Crippen LogP contribution in [0.4, 0.5) is 0 Å². The number of allylic oxidation sites excluding steroid dienone is 4. The van der Waals surface area contributed by atoms with Crippen LogP contribution in [0.3, 0.4) is 0 Å². The van der Waals surface area contributed by atoms with Crippen molar-refractivity contribution in [3.8, 4) is 5.69 Å². The Hall–Kier alpha value is -7.70. The van der Waals surface area contributed by atoms with Crippen molar-refractivity contribution < 1.29 is 0 Å². The smallest absolute Gasteiger partial charge is 0.158 e. The van der Waals surface area contributed by atoms with Gasteiger partial charge in [-0.1, -0.05) is 140 Å². The predicted octanol–water partition coefficient (Wildman–Crippen LogP) is 13.5. The van der Waals surface area contributed by atoms with E-state index in [9.17, 15) is 0 Å². The van der Waals surface area contributed by atoms with Crippen LogP contribution in [-0.2, 0) is 18.6 Å². The molecule has 6 nitrogen and oxygen atoms in total. The Morgan fingerprint density at radius 3 is 2.23 bits per heavy atom. The topological polar surface area (TPSA) is 59.3 Å². The molecule has 0 aliphatic heterocycles. The molecule has 2 heterocycles. The van der Waals surface area contributed by atoms with Gasteiger partial charge in [0, 0.05) is 50.8 Å². The van der Waals surface area contributed by atoms with Gasteiger partial charge in [0.25, 0.3) is 0 Å². The number of para-hydroxylation sites is 2. The molecule has 62 heavy (non-hydrogen) atoms. The van der Waals surface area contributed by atoms with Gasteiger partial charge in [-0.05, 0) is 104 Å². The van der Waals surface area contributed by atoms with Gasteiger partial charge in [0.2, 0.25) is 0 Å². The molecular formula is C56H48N6. The van der Waals surface area contributed by atoms with Crippen molar-refractivity contribution in [3.63, 3.8) is 0 Å². The second-order valence-corrected chi connectivity index (χ2v) is 15.7. The molecule has 6 heteroatoms. The molecule has 9 rings (SSSR count). The van der Waals surface area contributed by atoms with E-state index in [0.717, 1.165) is 68.4 Å². The Bertz CT molecular complexity index is 3140. The van der Waals surface area contributed by atoms with Crippen LogP contribution >= 0.6 is 0 Å². The van der Waals surface area contributed by atoms with Crippen molar-refractivity contribution >= 4 is 75.9 Å². The summed E-state index contributed by atoms with van der Waals surface area (Å²) in [5, 5.41) is 3.57. The lowest BCUT2D eigenvalue weighted by atomic mass is 9.66. The van der Waals surface area contributed by atoms with Crippen molar-refractivity contribution in [1.29, 1.82) is 0 Å². The summed E-state index contributed by atoms with van der Waals surface area (Å²) in [5.74, 6) is 0.614. The van der Waals surface area contributed by atoms with E-state index in [0.29, 0.717) is 19.0 Å². The fourth-order valence-electron chi connectivity index (χ4n) is 9.07. The number of hydrogen-bond acceptors (Lipinski definition) is 3. The number of amidine groups is 1. The molecule has 0 saturated heterocycles. The zero-order valence-electron chi connectivity index (χ0n) is 35.0. The fraction of sp³-hybridized carbons (Fsp3) is 0.107. The Labute approximate surface area is 363 Å². The van der Waals surface area contributed by atoms with Gasteiger partial charge in [0.05, 0.1) is 28.8 Å². The average Bonchev–Trinajstić information content (AvgIpc) is 3.82. The maximum Gasteiger partial charge on any atom is 0.158 e. The lowest BCUT2D eigenvalue weighted by Gasteiger charge is -2.36. The summed E-state index contributed by atoms with van der Waals surface area (Å²) >= 11 is 0. The fourth-order valence-corrected chi connectivity index (χ4v) is 9.07. The molecule has 0 spiro atoms. The molecule has 2 aromatic heterocycles. The molecule has 8 aromatic rings. The Balaban J connectivity index is 1.12. The van der Waals surface area contributed by atoms with E-state index in [4.69, 9.17) is 11.6 Å². The van der Waals surface area contributed by atoms with Crippen molar-refractivity contribution in [3.05, 3.63) is 216 Å². The van der Waals surface area contributed by atoms with E-state index in [2.05, 4.69) is 178 Å². The molecule has 0 fully saturated rings. The first kappa shape index (κ1) is 39.7. The second-order valence-electron chi connectivity index (χ2n) is 15.7. The van der Waals surface area contributed by atoms with Crippen LogP contribution in [0.25, 0.3) is 56.1 Å². The average molecular weight is 805 g/mol. The van der Waals surface area contributed by atoms with Crippen molar-refractivity contribution in [2.24, 2.45) is 20.0 Å². The first-order valence-corrected chi connectivity index (χ1v) is 21.1. The lowest BCUT2D eigenvalue weighted by Crippen LogP contribution is -2.27. The molecule has 0 amide bonds. The molecule has 0 N–H and O–H groups in total. The van der Waals surface area contributed by atoms with Gasteiger partial charge in [0.1, 0.15) is 6.67 Å². The molecule has 302 valence electrons. The standard InChI is InChI=1S/C56H48N6/c1-40-53-46-27-14-16-29-49(46)61(39-59-35-18-6-5-7-19-36-60-55(58-4)42-22-10-8-11-23-42)51(53)33-31-45-48(56(40,2)43-24-12-9-13-25-43)32-34-52-54(45)47-28-15-17-30-50(47)62(52)44-26-20-21-41(37-44)38-57-3/h6,8-37H,1,3-5,7,38-39H2,2H3/b18-6+,33-31?,36-19-,59-35?,60-55?. The molecule has 1 aliphatic rings. The largest absolute Gasteiger partial charge is 0.320 e. The number of unbranched alkanes of at least 4 members (excludes halogenated alkanes) is 1. The summed E-state index contributed by atoms with van der Waals surface area (Å²) in [6.45, 7) is 15.8. The van der Waals surface area contributed by atoms with Gasteiger partial charge in [-0.15, -0.1) is 0 Å².